The number of aromatic nitrogens is 4. The molecule has 2 aromatic carbocycles. The highest BCUT2D eigenvalue weighted by molar-refractivity contribution is 5.81. The molecule has 2 aromatic heterocycles. The van der Waals surface area contributed by atoms with Gasteiger partial charge in [-0.1, -0.05) is 6.92 Å². The number of anilines is 4. The first kappa shape index (κ1) is 23.4. The minimum atomic E-state index is -1.48. The van der Waals surface area contributed by atoms with Crippen molar-refractivity contribution in [2.24, 2.45) is 0 Å². The van der Waals surface area contributed by atoms with Crippen LogP contribution in [0.25, 0.3) is 16.6 Å². The van der Waals surface area contributed by atoms with Crippen molar-refractivity contribution in [3.05, 3.63) is 69.5 Å². The Balaban J connectivity index is 2.18. The summed E-state index contributed by atoms with van der Waals surface area (Å²) in [5.74, 6) is -5.84. The Morgan fingerprint density at radius 3 is 2.37 bits per heavy atom. The van der Waals surface area contributed by atoms with E-state index in [0.717, 1.165) is 24.3 Å². The van der Waals surface area contributed by atoms with Crippen LogP contribution < -0.4 is 21.9 Å². The third-order valence-electron chi connectivity index (χ3n) is 5.01. The Labute approximate surface area is 194 Å². The zero-order valence-electron chi connectivity index (χ0n) is 18.1. The summed E-state index contributed by atoms with van der Waals surface area (Å²) in [6.45, 7) is 1.82. The van der Waals surface area contributed by atoms with Crippen LogP contribution >= 0.6 is 0 Å². The van der Waals surface area contributed by atoms with Crippen molar-refractivity contribution in [2.45, 2.75) is 13.3 Å². The fourth-order valence-electron chi connectivity index (χ4n) is 3.59. The lowest BCUT2D eigenvalue weighted by atomic mass is 10.2. The Hall–Kier alpha value is -4.73. The Morgan fingerprint density at radius 2 is 1.74 bits per heavy atom. The maximum Gasteiger partial charge on any atom is 0.270 e. The molecule has 0 fully saturated rings. The highest BCUT2D eigenvalue weighted by atomic mass is 19.2. The van der Waals surface area contributed by atoms with Gasteiger partial charge in [-0.15, -0.1) is 0 Å². The van der Waals surface area contributed by atoms with Gasteiger partial charge in [0.1, 0.15) is 34.5 Å². The minimum Gasteiger partial charge on any atom is -0.382 e. The maximum absolute atomic E-state index is 14.7. The van der Waals surface area contributed by atoms with Crippen LogP contribution in [0.2, 0.25) is 0 Å². The van der Waals surface area contributed by atoms with Gasteiger partial charge in [-0.05, 0) is 30.7 Å². The third-order valence-corrected chi connectivity index (χ3v) is 5.01. The Morgan fingerprint density at radius 1 is 1.06 bits per heavy atom. The summed E-state index contributed by atoms with van der Waals surface area (Å²) < 4.78 is 57.5. The van der Waals surface area contributed by atoms with Crippen LogP contribution in [0.3, 0.4) is 0 Å². The Kier molecular flexibility index (Phi) is 5.96. The smallest absolute Gasteiger partial charge is 0.270 e. The van der Waals surface area contributed by atoms with Crippen LogP contribution in [0.4, 0.5) is 41.1 Å². The van der Waals surface area contributed by atoms with Crippen molar-refractivity contribution in [1.82, 2.24) is 19.5 Å². The monoisotopic (exact) mass is 484 g/mol. The van der Waals surface area contributed by atoms with Gasteiger partial charge in [0, 0.05) is 12.6 Å². The van der Waals surface area contributed by atoms with Gasteiger partial charge in [-0.3, -0.25) is 9.69 Å². The standard InChI is InChI=1S/C22H16F4N8O/c1-2-5-33(19-13(9-27)18(28)31-21(29)32-19)22-30-15-4-3-14(25)17(26)16(15)20(35)34(22)12-7-10(23)6-11(24)8-12/h3-4,6-8H,2,5H2,1H3,(H4,28,29,31,32). The average Bonchev–Trinajstić information content (AvgIpc) is 2.78. The van der Waals surface area contributed by atoms with E-state index in [1.807, 2.05) is 6.07 Å². The molecule has 0 amide bonds. The van der Waals surface area contributed by atoms with Gasteiger partial charge in [0.2, 0.25) is 11.9 Å². The van der Waals surface area contributed by atoms with Crippen LogP contribution in [-0.2, 0) is 0 Å². The van der Waals surface area contributed by atoms with E-state index in [-0.39, 0.29) is 46.8 Å². The molecule has 0 bridgehead atoms. The van der Waals surface area contributed by atoms with E-state index in [1.165, 1.54) is 4.90 Å². The van der Waals surface area contributed by atoms with Crippen molar-refractivity contribution >= 4 is 34.4 Å². The summed E-state index contributed by atoms with van der Waals surface area (Å²) in [6.07, 6.45) is 0.401. The van der Waals surface area contributed by atoms with Gasteiger partial charge in [0.05, 0.1) is 11.2 Å². The number of nitriles is 1. The molecule has 9 nitrogen and oxygen atoms in total. The first-order valence-electron chi connectivity index (χ1n) is 10.1. The number of nitrogens with zero attached hydrogens (tertiary/aromatic N) is 6. The number of benzene rings is 2. The second kappa shape index (κ2) is 8.90. The van der Waals surface area contributed by atoms with Crippen LogP contribution in [-0.4, -0.2) is 26.1 Å². The first-order chi connectivity index (χ1) is 16.7. The zero-order valence-corrected chi connectivity index (χ0v) is 18.1. The molecule has 4 aromatic rings. The van der Waals surface area contributed by atoms with E-state index in [1.54, 1.807) is 6.92 Å². The molecule has 0 spiro atoms. The van der Waals surface area contributed by atoms with Gasteiger partial charge in [-0.25, -0.2) is 27.1 Å². The molecule has 0 aliphatic heterocycles. The highest BCUT2D eigenvalue weighted by Crippen LogP contribution is 2.31. The number of rotatable bonds is 5. The molecular formula is C22H16F4N8O. The summed E-state index contributed by atoms with van der Waals surface area (Å²) in [6, 6.07) is 5.92. The van der Waals surface area contributed by atoms with E-state index in [0.29, 0.717) is 17.1 Å². The molecule has 0 aliphatic rings. The first-order valence-corrected chi connectivity index (χ1v) is 10.1. The van der Waals surface area contributed by atoms with Crippen molar-refractivity contribution in [1.29, 1.82) is 5.26 Å². The SMILES string of the molecule is CCCN(c1nc(N)nc(N)c1C#N)c1nc2ccc(F)c(F)c2c(=O)n1-c1cc(F)cc(F)c1. The summed E-state index contributed by atoms with van der Waals surface area (Å²) in [5.41, 5.74) is 9.59. The molecular weight excluding hydrogens is 468 g/mol. The zero-order chi connectivity index (χ0) is 25.4. The van der Waals surface area contributed by atoms with E-state index < -0.39 is 34.2 Å². The average molecular weight is 484 g/mol. The largest absolute Gasteiger partial charge is 0.382 e. The van der Waals surface area contributed by atoms with Gasteiger partial charge in [-0.2, -0.15) is 15.2 Å². The van der Waals surface area contributed by atoms with Crippen LogP contribution in [0.15, 0.2) is 35.1 Å². The van der Waals surface area contributed by atoms with Gasteiger partial charge in [0.25, 0.3) is 5.56 Å². The predicted molar refractivity (Wildman–Crippen MR) is 120 cm³/mol. The lowest BCUT2D eigenvalue weighted by Crippen LogP contribution is -2.32. The molecule has 0 saturated carbocycles. The van der Waals surface area contributed by atoms with E-state index in [2.05, 4.69) is 15.0 Å². The quantitative estimate of drug-likeness (QED) is 0.411. The molecule has 35 heavy (non-hydrogen) atoms. The lowest BCUT2D eigenvalue weighted by molar-refractivity contribution is 0.515. The summed E-state index contributed by atoms with van der Waals surface area (Å²) >= 11 is 0. The molecule has 4 N–H and O–H groups in total. The Bertz CT molecular complexity index is 1560. The van der Waals surface area contributed by atoms with Crippen molar-refractivity contribution < 1.29 is 17.6 Å². The lowest BCUT2D eigenvalue weighted by Gasteiger charge is -2.26. The number of nitrogens with two attached hydrogens (primary N) is 2. The molecule has 0 radical (unpaired) electrons. The van der Waals surface area contributed by atoms with Gasteiger partial charge < -0.3 is 11.5 Å². The van der Waals surface area contributed by atoms with E-state index in [4.69, 9.17) is 11.5 Å². The van der Waals surface area contributed by atoms with Crippen molar-refractivity contribution in [2.75, 3.05) is 22.9 Å². The van der Waals surface area contributed by atoms with Crippen molar-refractivity contribution in [3.8, 4) is 11.8 Å². The molecule has 13 heteroatoms. The number of hydrogen-bond acceptors (Lipinski definition) is 8. The van der Waals surface area contributed by atoms with Crippen LogP contribution in [0.1, 0.15) is 18.9 Å². The van der Waals surface area contributed by atoms with Crippen LogP contribution in [0, 0.1) is 34.6 Å². The second-order valence-corrected chi connectivity index (χ2v) is 7.36. The molecule has 0 aliphatic carbocycles. The maximum atomic E-state index is 14.7. The molecule has 0 saturated heterocycles. The number of fused-ring (bicyclic) bond motifs is 1. The van der Waals surface area contributed by atoms with E-state index >= 15 is 0 Å². The van der Waals surface area contributed by atoms with Gasteiger partial charge >= 0.3 is 0 Å². The molecule has 0 unspecified atom stereocenters. The third kappa shape index (κ3) is 4.05. The normalized spacial score (nSPS) is 11.0. The topological polar surface area (TPSA) is 140 Å². The van der Waals surface area contributed by atoms with Crippen molar-refractivity contribution in [3.63, 3.8) is 0 Å². The molecule has 4 rings (SSSR count). The predicted octanol–water partition coefficient (Wildman–Crippen LogP) is 3.32. The fourth-order valence-corrected chi connectivity index (χ4v) is 3.59. The summed E-state index contributed by atoms with van der Waals surface area (Å²) in [4.78, 5) is 26.8. The number of hydrogen-bond donors (Lipinski definition) is 2. The van der Waals surface area contributed by atoms with Crippen LogP contribution in [0.5, 0.6) is 0 Å². The highest BCUT2D eigenvalue weighted by Gasteiger charge is 2.26. The van der Waals surface area contributed by atoms with Gasteiger partial charge in [0.15, 0.2) is 17.5 Å². The minimum absolute atomic E-state index is 0.0595. The number of nitrogen functional groups attached to an aromatic ring is 2. The fraction of sp³-hybridized carbons (Fsp3) is 0.136. The summed E-state index contributed by atoms with van der Waals surface area (Å²) in [5, 5.41) is 8.91. The molecule has 178 valence electrons. The van der Waals surface area contributed by atoms with E-state index in [9.17, 15) is 27.6 Å². The second-order valence-electron chi connectivity index (χ2n) is 7.36. The molecule has 0 atom stereocenters. The molecule has 2 heterocycles. The summed E-state index contributed by atoms with van der Waals surface area (Å²) in [7, 11) is 0. The number of halogens is 4.